The first-order chi connectivity index (χ1) is 9.08. The molecule has 1 unspecified atom stereocenters. The molecule has 0 bridgehead atoms. The molecule has 2 aliphatic heterocycles. The molecule has 0 aromatic rings. The van der Waals surface area contributed by atoms with Gasteiger partial charge < -0.3 is 5.32 Å². The molecule has 0 spiro atoms. The van der Waals surface area contributed by atoms with Crippen molar-refractivity contribution in [3.63, 3.8) is 0 Å². The first-order valence-electron chi connectivity index (χ1n) is 7.53. The highest BCUT2D eigenvalue weighted by atomic mass is 32.2. The van der Waals surface area contributed by atoms with E-state index in [4.69, 9.17) is 0 Å². The summed E-state index contributed by atoms with van der Waals surface area (Å²) in [6.07, 6.45) is 5.42. The number of rotatable bonds is 5. The lowest BCUT2D eigenvalue weighted by Gasteiger charge is -2.30. The molecule has 5 nitrogen and oxygen atoms in total. The van der Waals surface area contributed by atoms with Crippen LogP contribution in [0.4, 0.5) is 0 Å². The van der Waals surface area contributed by atoms with Crippen LogP contribution in [0, 0.1) is 11.8 Å². The average molecular weight is 289 g/mol. The second kappa shape index (κ2) is 7.02. The highest BCUT2D eigenvalue weighted by Crippen LogP contribution is 2.18. The summed E-state index contributed by atoms with van der Waals surface area (Å²) in [5.74, 6) is 1.15. The molecule has 19 heavy (non-hydrogen) atoms. The van der Waals surface area contributed by atoms with Crippen molar-refractivity contribution in [2.75, 3.05) is 32.7 Å². The van der Waals surface area contributed by atoms with Crippen LogP contribution in [0.15, 0.2) is 0 Å². The maximum atomic E-state index is 12.2. The zero-order valence-electron chi connectivity index (χ0n) is 11.9. The van der Waals surface area contributed by atoms with E-state index in [1.165, 1.54) is 12.8 Å². The molecule has 0 amide bonds. The topological polar surface area (TPSA) is 61.4 Å². The fourth-order valence-electron chi connectivity index (χ4n) is 3.02. The maximum Gasteiger partial charge on any atom is 0.279 e. The van der Waals surface area contributed by atoms with E-state index in [2.05, 4.69) is 17.0 Å². The summed E-state index contributed by atoms with van der Waals surface area (Å²) in [6.45, 7) is 6.19. The summed E-state index contributed by atoms with van der Waals surface area (Å²) in [5.41, 5.74) is 0. The molecule has 0 aliphatic carbocycles. The SMILES string of the molecule is CC1CCCN(S(=O)(=O)NCCC2CCNCC2)C1. The van der Waals surface area contributed by atoms with Crippen LogP contribution in [-0.2, 0) is 10.2 Å². The third-order valence-electron chi connectivity index (χ3n) is 4.26. The lowest BCUT2D eigenvalue weighted by molar-refractivity contribution is 0.277. The minimum Gasteiger partial charge on any atom is -0.317 e. The van der Waals surface area contributed by atoms with Crippen molar-refractivity contribution in [3.8, 4) is 0 Å². The Balaban J connectivity index is 1.73. The Morgan fingerprint density at radius 3 is 2.68 bits per heavy atom. The van der Waals surface area contributed by atoms with Crippen LogP contribution in [0.5, 0.6) is 0 Å². The Bertz CT molecular complexity index is 366. The van der Waals surface area contributed by atoms with Crippen LogP contribution >= 0.6 is 0 Å². The summed E-state index contributed by atoms with van der Waals surface area (Å²) >= 11 is 0. The smallest absolute Gasteiger partial charge is 0.279 e. The van der Waals surface area contributed by atoms with Gasteiger partial charge in [0.05, 0.1) is 0 Å². The van der Waals surface area contributed by atoms with Crippen molar-refractivity contribution in [1.82, 2.24) is 14.3 Å². The monoisotopic (exact) mass is 289 g/mol. The molecule has 2 N–H and O–H groups in total. The Labute approximate surface area is 117 Å². The van der Waals surface area contributed by atoms with Gasteiger partial charge in [0.25, 0.3) is 10.2 Å². The second-order valence-electron chi connectivity index (χ2n) is 5.99. The minimum atomic E-state index is -3.25. The fourth-order valence-corrected chi connectivity index (χ4v) is 4.40. The first-order valence-corrected chi connectivity index (χ1v) is 8.97. The standard InChI is InChI=1S/C13H27N3O2S/c1-12-3-2-10-16(11-12)19(17,18)15-9-6-13-4-7-14-8-5-13/h12-15H,2-11H2,1H3. The van der Waals surface area contributed by atoms with Crippen LogP contribution in [0.1, 0.15) is 39.0 Å². The van der Waals surface area contributed by atoms with E-state index >= 15 is 0 Å². The van der Waals surface area contributed by atoms with Gasteiger partial charge in [-0.1, -0.05) is 6.92 Å². The second-order valence-corrected chi connectivity index (χ2v) is 7.74. The van der Waals surface area contributed by atoms with Gasteiger partial charge in [-0.15, -0.1) is 0 Å². The van der Waals surface area contributed by atoms with Crippen molar-refractivity contribution in [2.24, 2.45) is 11.8 Å². The van der Waals surface area contributed by atoms with Crippen molar-refractivity contribution < 1.29 is 8.42 Å². The highest BCUT2D eigenvalue weighted by Gasteiger charge is 2.26. The summed E-state index contributed by atoms with van der Waals surface area (Å²) < 4.78 is 28.7. The molecule has 112 valence electrons. The third-order valence-corrected chi connectivity index (χ3v) is 5.84. The van der Waals surface area contributed by atoms with E-state index in [0.29, 0.717) is 31.5 Å². The molecule has 2 saturated heterocycles. The van der Waals surface area contributed by atoms with Gasteiger partial charge in [-0.3, -0.25) is 0 Å². The molecule has 1 atom stereocenters. The van der Waals surface area contributed by atoms with Crippen LogP contribution in [0.3, 0.4) is 0 Å². The predicted molar refractivity (Wildman–Crippen MR) is 77.1 cm³/mol. The van der Waals surface area contributed by atoms with E-state index < -0.39 is 10.2 Å². The Hall–Kier alpha value is -0.170. The van der Waals surface area contributed by atoms with Gasteiger partial charge >= 0.3 is 0 Å². The van der Waals surface area contributed by atoms with Crippen molar-refractivity contribution in [3.05, 3.63) is 0 Å². The normalized spacial score (nSPS) is 27.5. The molecule has 6 heteroatoms. The molecular formula is C13H27N3O2S. The van der Waals surface area contributed by atoms with Crippen LogP contribution < -0.4 is 10.0 Å². The molecular weight excluding hydrogens is 262 g/mol. The lowest BCUT2D eigenvalue weighted by atomic mass is 9.95. The van der Waals surface area contributed by atoms with Crippen molar-refractivity contribution in [2.45, 2.75) is 39.0 Å². The van der Waals surface area contributed by atoms with Gasteiger partial charge in [-0.25, -0.2) is 4.72 Å². The Morgan fingerprint density at radius 2 is 2.00 bits per heavy atom. The zero-order valence-corrected chi connectivity index (χ0v) is 12.7. The Morgan fingerprint density at radius 1 is 1.26 bits per heavy atom. The van der Waals surface area contributed by atoms with E-state index in [1.807, 2.05) is 0 Å². The minimum absolute atomic E-state index is 0.481. The third kappa shape index (κ3) is 4.70. The molecule has 2 fully saturated rings. The molecule has 0 saturated carbocycles. The van der Waals surface area contributed by atoms with E-state index in [9.17, 15) is 8.42 Å². The number of hydrogen-bond donors (Lipinski definition) is 2. The first kappa shape index (κ1) is 15.2. The van der Waals surface area contributed by atoms with Crippen LogP contribution in [0.25, 0.3) is 0 Å². The van der Waals surface area contributed by atoms with Crippen LogP contribution in [-0.4, -0.2) is 45.4 Å². The van der Waals surface area contributed by atoms with E-state index in [-0.39, 0.29) is 0 Å². The number of nitrogens with one attached hydrogen (secondary N) is 2. The quantitative estimate of drug-likeness (QED) is 0.792. The zero-order chi connectivity index (χ0) is 13.7. The lowest BCUT2D eigenvalue weighted by Crippen LogP contribution is -2.46. The molecule has 0 aromatic heterocycles. The number of piperidine rings is 2. The average Bonchev–Trinajstić information content (AvgIpc) is 2.40. The van der Waals surface area contributed by atoms with Crippen molar-refractivity contribution >= 4 is 10.2 Å². The van der Waals surface area contributed by atoms with Crippen molar-refractivity contribution in [1.29, 1.82) is 0 Å². The van der Waals surface area contributed by atoms with Gasteiger partial charge in [-0.05, 0) is 57.0 Å². The van der Waals surface area contributed by atoms with Crippen LogP contribution in [0.2, 0.25) is 0 Å². The fraction of sp³-hybridized carbons (Fsp3) is 1.00. The van der Waals surface area contributed by atoms with E-state index in [0.717, 1.165) is 32.4 Å². The summed E-state index contributed by atoms with van der Waals surface area (Å²) in [5, 5.41) is 3.33. The number of hydrogen-bond acceptors (Lipinski definition) is 3. The molecule has 2 rings (SSSR count). The summed E-state index contributed by atoms with van der Waals surface area (Å²) in [7, 11) is -3.25. The van der Waals surface area contributed by atoms with Gasteiger partial charge in [0, 0.05) is 19.6 Å². The maximum absolute atomic E-state index is 12.2. The van der Waals surface area contributed by atoms with Gasteiger partial charge in [0.2, 0.25) is 0 Å². The van der Waals surface area contributed by atoms with Gasteiger partial charge in [0.1, 0.15) is 0 Å². The summed E-state index contributed by atoms with van der Waals surface area (Å²) in [4.78, 5) is 0. The Kier molecular flexibility index (Phi) is 5.62. The predicted octanol–water partition coefficient (Wildman–Crippen LogP) is 0.942. The largest absolute Gasteiger partial charge is 0.317 e. The van der Waals surface area contributed by atoms with Gasteiger partial charge in [0.15, 0.2) is 0 Å². The highest BCUT2D eigenvalue weighted by molar-refractivity contribution is 7.87. The summed E-state index contributed by atoms with van der Waals surface area (Å²) in [6, 6.07) is 0. The van der Waals surface area contributed by atoms with E-state index in [1.54, 1.807) is 4.31 Å². The molecule has 0 radical (unpaired) electrons. The molecule has 2 aliphatic rings. The number of nitrogens with zero attached hydrogens (tertiary/aromatic N) is 1. The molecule has 2 heterocycles. The van der Waals surface area contributed by atoms with Gasteiger partial charge in [-0.2, -0.15) is 12.7 Å². The molecule has 0 aromatic carbocycles.